The fourth-order valence-electron chi connectivity index (χ4n) is 5.35. The second-order valence-electron chi connectivity index (χ2n) is 9.16. The smallest absolute Gasteiger partial charge is 0.421 e. The van der Waals surface area contributed by atoms with E-state index in [0.29, 0.717) is 24.3 Å². The summed E-state index contributed by atoms with van der Waals surface area (Å²) in [5.74, 6) is -11.6. The minimum Gasteiger partial charge on any atom is -0.660 e. The molecule has 210 valence electrons. The molecule has 0 aliphatic carbocycles. The van der Waals surface area contributed by atoms with E-state index in [1.54, 1.807) is 0 Å². The molecule has 0 aromatic heterocycles. The largest absolute Gasteiger partial charge is 0.660 e. The molecule has 0 amide bonds. The highest BCUT2D eigenvalue weighted by atomic mass is 19.4. The number of hydrogen-bond acceptors (Lipinski definition) is 0. The van der Waals surface area contributed by atoms with Crippen molar-refractivity contribution in [1.29, 1.82) is 0 Å². The molecule has 39 heavy (non-hydrogen) atoms. The van der Waals surface area contributed by atoms with Crippen molar-refractivity contribution in [1.82, 2.24) is 0 Å². The van der Waals surface area contributed by atoms with Gasteiger partial charge >= 0.3 is 18.7 Å². The van der Waals surface area contributed by atoms with E-state index in [1.807, 2.05) is 0 Å². The van der Waals surface area contributed by atoms with Gasteiger partial charge in [-0.2, -0.15) is 26.3 Å². The highest BCUT2D eigenvalue weighted by Gasteiger charge is 2.54. The van der Waals surface area contributed by atoms with E-state index in [9.17, 15) is 39.5 Å². The van der Waals surface area contributed by atoms with E-state index < -0.39 is 86.7 Å². The summed E-state index contributed by atoms with van der Waals surface area (Å²) in [7, 11) is 0. The number of benzene rings is 3. The van der Waals surface area contributed by atoms with E-state index in [0.717, 1.165) is 6.92 Å². The molecule has 0 spiro atoms. The van der Waals surface area contributed by atoms with E-state index in [-0.39, 0.29) is 38.2 Å². The lowest BCUT2D eigenvalue weighted by atomic mass is 9.27. The first-order valence-corrected chi connectivity index (χ1v) is 11.4. The van der Waals surface area contributed by atoms with Crippen LogP contribution in [0, 0.1) is 41.8 Å². The first kappa shape index (κ1) is 28.8. The molecule has 1 saturated heterocycles. The van der Waals surface area contributed by atoms with Crippen LogP contribution >= 0.6 is 0 Å². The SMILES string of the molecule is Cc1c(F)ccc([B-](c2ccc(F)c(C(F)(F)F)c2F)(c2ccc(F)c(C(F)(F)F)c2F)[O+]2CCCC2)c1F. The molecule has 1 heterocycles. The summed E-state index contributed by atoms with van der Waals surface area (Å²) in [6.07, 6.45) is -15.0. The van der Waals surface area contributed by atoms with Gasteiger partial charge in [0.1, 0.15) is 46.0 Å². The fraction of sp³-hybridized carbons (Fsp3) is 0.280. The Bertz CT molecular complexity index is 1350. The van der Waals surface area contributed by atoms with Crippen molar-refractivity contribution in [2.75, 3.05) is 13.2 Å². The average molecular weight is 572 g/mol. The third kappa shape index (κ3) is 4.55. The Labute approximate surface area is 213 Å². The van der Waals surface area contributed by atoms with Crippen LogP contribution in [-0.4, -0.2) is 19.6 Å². The van der Waals surface area contributed by atoms with Gasteiger partial charge in [0.25, 0.3) is 0 Å². The molecule has 0 saturated carbocycles. The van der Waals surface area contributed by atoms with E-state index in [2.05, 4.69) is 4.28 Å². The zero-order valence-electron chi connectivity index (χ0n) is 19.8. The van der Waals surface area contributed by atoms with Crippen molar-refractivity contribution in [2.45, 2.75) is 32.1 Å². The van der Waals surface area contributed by atoms with Crippen LogP contribution in [0.3, 0.4) is 0 Å². The van der Waals surface area contributed by atoms with Crippen molar-refractivity contribution in [3.05, 3.63) is 88.0 Å². The minimum absolute atomic E-state index is 0.161. The molecule has 1 aliphatic heterocycles. The molecular formula is C25H17BF12O. The number of halogens is 12. The maximum absolute atomic E-state index is 15.8. The van der Waals surface area contributed by atoms with Gasteiger partial charge in [-0.3, -0.25) is 0 Å². The highest BCUT2D eigenvalue weighted by Crippen LogP contribution is 2.37. The second kappa shape index (κ2) is 9.79. The van der Waals surface area contributed by atoms with Gasteiger partial charge in [0.2, 0.25) is 0 Å². The van der Waals surface area contributed by atoms with Crippen molar-refractivity contribution >= 4 is 22.7 Å². The van der Waals surface area contributed by atoms with Gasteiger partial charge in [0, 0.05) is 18.4 Å². The molecule has 0 atom stereocenters. The molecule has 4 rings (SSSR count). The molecule has 3 aromatic rings. The van der Waals surface area contributed by atoms with E-state index in [4.69, 9.17) is 0 Å². The van der Waals surface area contributed by atoms with Crippen LogP contribution in [0.4, 0.5) is 52.7 Å². The van der Waals surface area contributed by atoms with Gasteiger partial charge in [-0.05, 0) is 25.1 Å². The molecule has 0 radical (unpaired) electrons. The molecule has 0 unspecified atom stereocenters. The molecule has 1 aliphatic rings. The summed E-state index contributed by atoms with van der Waals surface area (Å²) < 4.78 is 175. The maximum atomic E-state index is 15.8. The lowest BCUT2D eigenvalue weighted by molar-refractivity contribution is -0.143. The van der Waals surface area contributed by atoms with E-state index >= 15 is 13.2 Å². The summed E-state index contributed by atoms with van der Waals surface area (Å²) in [5, 5.41) is 0. The predicted octanol–water partition coefficient (Wildman–Crippen LogP) is 6.18. The summed E-state index contributed by atoms with van der Waals surface area (Å²) in [6.45, 7) is 0.326. The van der Waals surface area contributed by atoms with Crippen LogP contribution in [0.25, 0.3) is 0 Å². The van der Waals surface area contributed by atoms with Crippen LogP contribution < -0.4 is 16.4 Å². The topological polar surface area (TPSA) is 2.70 Å². The van der Waals surface area contributed by atoms with Gasteiger partial charge < -0.3 is 4.28 Å². The molecule has 0 bridgehead atoms. The quantitative estimate of drug-likeness (QED) is 0.200. The Morgan fingerprint density at radius 1 is 0.564 bits per heavy atom. The highest BCUT2D eigenvalue weighted by molar-refractivity contribution is 7.07. The lowest BCUT2D eigenvalue weighted by Crippen LogP contribution is -2.76. The van der Waals surface area contributed by atoms with Crippen LogP contribution in [0.15, 0.2) is 36.4 Å². The van der Waals surface area contributed by atoms with Crippen LogP contribution in [-0.2, 0) is 16.6 Å². The van der Waals surface area contributed by atoms with Crippen LogP contribution in [0.5, 0.6) is 0 Å². The minimum atomic E-state index is -5.67. The first-order valence-electron chi connectivity index (χ1n) is 11.4. The molecule has 0 N–H and O–H groups in total. The maximum Gasteiger partial charge on any atom is 0.421 e. The Morgan fingerprint density at radius 3 is 1.31 bits per heavy atom. The molecule has 1 fully saturated rings. The normalized spacial score (nSPS) is 15.3. The summed E-state index contributed by atoms with van der Waals surface area (Å²) in [6, 6.07) is 2.44. The van der Waals surface area contributed by atoms with Gasteiger partial charge in [0.15, 0.2) is 0 Å². The third-order valence-electron chi connectivity index (χ3n) is 7.04. The summed E-state index contributed by atoms with van der Waals surface area (Å²) in [5.41, 5.74) is -9.03. The molecule has 3 aromatic carbocycles. The Balaban J connectivity index is 2.30. The standard InChI is InChI=1S/C25H17BF12O/c1-12-16(27)7-4-13(21(12)30)26(39-10-2-3-11-39,14-5-8-17(28)19(22(14)31)24(33,34)35)15-6-9-18(29)20(23(15)32)25(36,37)38/h4-9H,2-3,10-11H2,1H3. The van der Waals surface area contributed by atoms with Crippen molar-refractivity contribution in [3.8, 4) is 0 Å². The van der Waals surface area contributed by atoms with Crippen molar-refractivity contribution in [2.24, 2.45) is 0 Å². The monoisotopic (exact) mass is 572 g/mol. The van der Waals surface area contributed by atoms with Crippen molar-refractivity contribution < 1.29 is 57.0 Å². The van der Waals surface area contributed by atoms with Gasteiger partial charge in [-0.25, -0.2) is 26.3 Å². The molecule has 14 heteroatoms. The zero-order chi connectivity index (χ0) is 29.1. The first-order chi connectivity index (χ1) is 18.0. The Hall–Kier alpha value is -3.16. The summed E-state index contributed by atoms with van der Waals surface area (Å²) >= 11 is 0. The third-order valence-corrected chi connectivity index (χ3v) is 7.04. The number of hydrogen-bond donors (Lipinski definition) is 0. The molecular weight excluding hydrogens is 555 g/mol. The Kier molecular flexibility index (Phi) is 7.24. The number of rotatable bonds is 4. The summed E-state index contributed by atoms with van der Waals surface area (Å²) in [4.78, 5) is 0. The molecule has 1 nitrogen and oxygen atoms in total. The van der Waals surface area contributed by atoms with E-state index in [1.165, 1.54) is 0 Å². The van der Waals surface area contributed by atoms with Crippen LogP contribution in [0.2, 0.25) is 0 Å². The Morgan fingerprint density at radius 2 is 0.923 bits per heavy atom. The predicted molar refractivity (Wildman–Crippen MR) is 119 cm³/mol. The van der Waals surface area contributed by atoms with Gasteiger partial charge in [-0.1, -0.05) is 34.6 Å². The number of alkyl halides is 6. The van der Waals surface area contributed by atoms with Gasteiger partial charge in [0.05, 0.1) is 13.2 Å². The van der Waals surface area contributed by atoms with Gasteiger partial charge in [-0.15, -0.1) is 0 Å². The second-order valence-corrected chi connectivity index (χ2v) is 9.16. The van der Waals surface area contributed by atoms with Crippen molar-refractivity contribution in [3.63, 3.8) is 0 Å². The zero-order valence-corrected chi connectivity index (χ0v) is 19.8. The van der Waals surface area contributed by atoms with Crippen LogP contribution in [0.1, 0.15) is 29.5 Å². The lowest BCUT2D eigenvalue weighted by Gasteiger charge is -2.47. The fourth-order valence-corrected chi connectivity index (χ4v) is 5.35. The average Bonchev–Trinajstić information content (AvgIpc) is 3.34.